The Bertz CT molecular complexity index is 2740. The van der Waals surface area contributed by atoms with Crippen molar-refractivity contribution in [1.29, 1.82) is 0 Å². The number of ether oxygens (including phenoxy) is 2. The van der Waals surface area contributed by atoms with Gasteiger partial charge >= 0.3 is 12.2 Å². The van der Waals surface area contributed by atoms with E-state index in [9.17, 15) is 19.2 Å². The molecule has 3 aromatic carbocycles. The van der Waals surface area contributed by atoms with Crippen LogP contribution in [-0.2, 0) is 25.0 Å². The van der Waals surface area contributed by atoms with Gasteiger partial charge in [-0.1, -0.05) is 58.0 Å². The molecule has 4 fully saturated rings. The van der Waals surface area contributed by atoms with Crippen LogP contribution in [0.1, 0.15) is 101 Å². The Balaban J connectivity index is 0.896. The quantitative estimate of drug-likeness (QED) is 0.108. The molecule has 16 heteroatoms. The molecule has 65 heavy (non-hydrogen) atoms. The number of carbonyl (C=O) groups excluding carboxylic acids is 4. The molecular formula is C49H54F2N8O6. The summed E-state index contributed by atoms with van der Waals surface area (Å²) >= 11 is 0. The van der Waals surface area contributed by atoms with Gasteiger partial charge in [0.05, 0.1) is 49.2 Å². The Hall–Kier alpha value is -6.32. The lowest BCUT2D eigenvalue weighted by atomic mass is 9.95. The first-order chi connectivity index (χ1) is 31.1. The predicted molar refractivity (Wildman–Crippen MR) is 237 cm³/mol. The fourth-order valence-electron chi connectivity index (χ4n) is 11.0. The number of benzene rings is 3. The number of imidazole rings is 2. The molecule has 4 heterocycles. The Morgan fingerprint density at radius 2 is 1.40 bits per heavy atom. The van der Waals surface area contributed by atoms with E-state index in [1.54, 1.807) is 29.3 Å². The number of nitrogens with one attached hydrogen (secondary N) is 4. The van der Waals surface area contributed by atoms with Crippen molar-refractivity contribution in [2.75, 3.05) is 20.8 Å². The fraction of sp³-hybridized carbons (Fsp3) is 0.469. The van der Waals surface area contributed by atoms with Gasteiger partial charge in [-0.25, -0.2) is 19.6 Å². The summed E-state index contributed by atoms with van der Waals surface area (Å²) in [6.07, 6.45) is 5.75. The Morgan fingerprint density at radius 3 is 2.05 bits per heavy atom. The summed E-state index contributed by atoms with van der Waals surface area (Å²) in [5, 5.41) is 5.43. The highest BCUT2D eigenvalue weighted by Gasteiger charge is 2.56. The van der Waals surface area contributed by atoms with E-state index in [-0.39, 0.29) is 64.2 Å². The van der Waals surface area contributed by atoms with Crippen LogP contribution in [0.3, 0.4) is 0 Å². The van der Waals surface area contributed by atoms with Crippen molar-refractivity contribution < 1.29 is 37.4 Å². The van der Waals surface area contributed by atoms with Gasteiger partial charge in [0.2, 0.25) is 11.8 Å². The van der Waals surface area contributed by atoms with Gasteiger partial charge in [-0.3, -0.25) is 9.59 Å². The number of aromatic nitrogens is 4. The number of alkyl halides is 2. The molecule has 6 atom stereocenters. The number of nitrogens with zero attached hydrogens (tertiary/aromatic N) is 4. The zero-order chi connectivity index (χ0) is 45.7. The molecule has 2 saturated carbocycles. The molecule has 2 bridgehead atoms. The highest BCUT2D eigenvalue weighted by atomic mass is 19.3. The number of amides is 4. The average molecular weight is 889 g/mol. The standard InChI is InChI=1S/C49H54F2N8O6/c1-24(2)39(56-46(62)64-5)44(60)58-23-48(15-16-48)21-38(58)42-52-22-37(55-42)28-9-13-32-31-12-8-26(18-33(31)49(50,51)34(32)19-28)27-10-14-35-36(20-27)54-43(53-35)41-29-7-11-30(17-29)59(41)45(61)40(25(3)4)57-47(63)65-6/h8-10,12-14,18-20,22,24-25,29-30,38-41H,7,11,15-17,21,23H2,1-6H3,(H,52,55)(H,53,54)(H,56,62)(H,57,63)/t29-,30+,38-,39-,40-,41?/m0/s1. The van der Waals surface area contributed by atoms with Crippen LogP contribution in [0.25, 0.3) is 44.5 Å². The van der Waals surface area contributed by atoms with Gasteiger partial charge in [-0.15, -0.1) is 0 Å². The van der Waals surface area contributed by atoms with Crippen molar-refractivity contribution in [2.24, 2.45) is 23.2 Å². The SMILES string of the molecule is COC(=O)N[C@H](C(=O)N1CC2(CC2)C[C@H]1c1ncc(-c2ccc3c(c2)C(F)(F)c2cc(-c4ccc5nc(C6[C@H]7CC[C@H](C7)N6C(=O)[C@@H](NC(=O)OC)C(C)C)[nH]c5c4)ccc2-3)[nH]1)C(C)C. The number of likely N-dealkylation sites (tertiary alicyclic amines) is 2. The number of rotatable bonds is 10. The maximum absolute atomic E-state index is 16.7. The predicted octanol–water partition coefficient (Wildman–Crippen LogP) is 8.61. The number of piperidine rings is 1. The first-order valence-electron chi connectivity index (χ1n) is 22.6. The Kier molecular flexibility index (Phi) is 10.3. The topological polar surface area (TPSA) is 175 Å². The number of hydrogen-bond acceptors (Lipinski definition) is 8. The Morgan fingerprint density at radius 1 is 0.785 bits per heavy atom. The van der Waals surface area contributed by atoms with Crippen LogP contribution in [0.4, 0.5) is 18.4 Å². The van der Waals surface area contributed by atoms with Crippen LogP contribution in [-0.4, -0.2) is 92.6 Å². The summed E-state index contributed by atoms with van der Waals surface area (Å²) in [5.74, 6) is -2.53. The van der Waals surface area contributed by atoms with Crippen molar-refractivity contribution in [2.45, 2.75) is 102 Å². The van der Waals surface area contributed by atoms with Gasteiger partial charge < -0.3 is 39.9 Å². The maximum Gasteiger partial charge on any atom is 0.407 e. The molecule has 10 rings (SSSR count). The normalized spacial score (nSPS) is 22.9. The minimum Gasteiger partial charge on any atom is -0.453 e. The van der Waals surface area contributed by atoms with E-state index in [0.717, 1.165) is 49.6 Å². The lowest BCUT2D eigenvalue weighted by molar-refractivity contribution is -0.139. The summed E-state index contributed by atoms with van der Waals surface area (Å²) in [6, 6.07) is 13.8. The second kappa shape index (κ2) is 15.7. The third-order valence-corrected chi connectivity index (χ3v) is 14.7. The van der Waals surface area contributed by atoms with Gasteiger partial charge in [0.1, 0.15) is 23.7 Å². The lowest BCUT2D eigenvalue weighted by Crippen LogP contribution is -2.54. The van der Waals surface area contributed by atoms with Crippen molar-refractivity contribution in [3.8, 4) is 33.5 Å². The zero-order valence-electron chi connectivity index (χ0n) is 37.3. The second-order valence-electron chi connectivity index (χ2n) is 19.4. The average Bonchev–Trinajstić information content (AvgIpc) is 3.95. The highest BCUT2D eigenvalue weighted by molar-refractivity contribution is 5.89. The molecule has 2 saturated heterocycles. The van der Waals surface area contributed by atoms with Crippen molar-refractivity contribution in [1.82, 2.24) is 40.4 Å². The molecule has 2 aromatic heterocycles. The number of hydrogen-bond donors (Lipinski definition) is 4. The first-order valence-corrected chi connectivity index (χ1v) is 22.6. The number of H-pyrrole nitrogens is 2. The van der Waals surface area contributed by atoms with Gasteiger partial charge in [0, 0.05) is 29.3 Å². The molecule has 4 N–H and O–H groups in total. The zero-order valence-corrected chi connectivity index (χ0v) is 37.3. The Labute approximate surface area is 375 Å². The van der Waals surface area contributed by atoms with E-state index < -0.39 is 30.2 Å². The molecule has 14 nitrogen and oxygen atoms in total. The molecule has 3 aliphatic carbocycles. The first kappa shape index (κ1) is 42.6. The van der Waals surface area contributed by atoms with Crippen LogP contribution in [0, 0.1) is 23.2 Å². The van der Waals surface area contributed by atoms with Crippen LogP contribution in [0.5, 0.6) is 0 Å². The van der Waals surface area contributed by atoms with E-state index >= 15 is 8.78 Å². The molecule has 0 radical (unpaired) electrons. The molecule has 1 unspecified atom stereocenters. The number of halogens is 2. The van der Waals surface area contributed by atoms with Crippen molar-refractivity contribution in [3.63, 3.8) is 0 Å². The molecule has 5 aromatic rings. The highest BCUT2D eigenvalue weighted by Crippen LogP contribution is 2.59. The van der Waals surface area contributed by atoms with E-state index in [2.05, 4.69) is 20.6 Å². The van der Waals surface area contributed by atoms with E-state index in [1.807, 2.05) is 62.9 Å². The number of carbonyl (C=O) groups is 4. The third kappa shape index (κ3) is 7.19. The number of aromatic amines is 2. The summed E-state index contributed by atoms with van der Waals surface area (Å²) in [5.41, 5.74) is 4.68. The lowest BCUT2D eigenvalue weighted by Gasteiger charge is -2.37. The smallest absolute Gasteiger partial charge is 0.407 e. The van der Waals surface area contributed by atoms with Gasteiger partial charge in [-0.2, -0.15) is 8.78 Å². The summed E-state index contributed by atoms with van der Waals surface area (Å²) in [7, 11) is 2.54. The summed E-state index contributed by atoms with van der Waals surface area (Å²) in [6.45, 7) is 8.09. The van der Waals surface area contributed by atoms with Crippen molar-refractivity contribution in [3.05, 3.63) is 83.6 Å². The fourth-order valence-corrected chi connectivity index (χ4v) is 11.0. The van der Waals surface area contributed by atoms with E-state index in [0.29, 0.717) is 51.7 Å². The second-order valence-corrected chi connectivity index (χ2v) is 19.4. The molecule has 5 aliphatic rings. The van der Waals surface area contributed by atoms with Crippen LogP contribution in [0.15, 0.2) is 60.8 Å². The van der Waals surface area contributed by atoms with Crippen molar-refractivity contribution >= 4 is 35.0 Å². The summed E-state index contributed by atoms with van der Waals surface area (Å²) < 4.78 is 43.0. The van der Waals surface area contributed by atoms with Crippen LogP contribution < -0.4 is 10.6 Å². The minimum atomic E-state index is -3.29. The minimum absolute atomic E-state index is 0.0102. The molecule has 4 amide bonds. The monoisotopic (exact) mass is 888 g/mol. The van der Waals surface area contributed by atoms with Gasteiger partial charge in [-0.05, 0) is 108 Å². The van der Waals surface area contributed by atoms with E-state index in [1.165, 1.54) is 20.3 Å². The molecule has 1 spiro atoms. The summed E-state index contributed by atoms with van der Waals surface area (Å²) in [4.78, 5) is 72.6. The van der Waals surface area contributed by atoms with Crippen LogP contribution in [0.2, 0.25) is 0 Å². The van der Waals surface area contributed by atoms with Gasteiger partial charge in [0.15, 0.2) is 0 Å². The molecule has 2 aliphatic heterocycles. The number of methoxy groups -OCH3 is 2. The third-order valence-electron chi connectivity index (χ3n) is 14.7. The molecular weight excluding hydrogens is 835 g/mol. The largest absolute Gasteiger partial charge is 0.453 e. The number of fused-ring (bicyclic) bond motifs is 6. The maximum atomic E-state index is 16.7. The molecule has 340 valence electrons. The van der Waals surface area contributed by atoms with E-state index in [4.69, 9.17) is 19.4 Å². The van der Waals surface area contributed by atoms with Gasteiger partial charge in [0.25, 0.3) is 5.92 Å². The van der Waals surface area contributed by atoms with Crippen LogP contribution >= 0.6 is 0 Å². The number of alkyl carbamates (subject to hydrolysis) is 2.